The SMILES string of the molecule is COC1=NO[C@@]2(CC[C@H](CF)N3C[C@H]2n2cc(C(=O)NCc4ccc(C)cc4F)c(=O)c(O)c2C3=O)C1. The van der Waals surface area contributed by atoms with Crippen LogP contribution in [0.2, 0.25) is 0 Å². The van der Waals surface area contributed by atoms with Crippen LogP contribution in [0.25, 0.3) is 0 Å². The van der Waals surface area contributed by atoms with Gasteiger partial charge in [0.2, 0.25) is 11.3 Å². The number of aromatic hydroxyl groups is 1. The van der Waals surface area contributed by atoms with Gasteiger partial charge in [-0.05, 0) is 31.4 Å². The van der Waals surface area contributed by atoms with Gasteiger partial charge in [-0.1, -0.05) is 17.3 Å². The minimum absolute atomic E-state index is 0.0187. The van der Waals surface area contributed by atoms with Gasteiger partial charge in [0.15, 0.2) is 17.0 Å². The molecule has 1 aromatic heterocycles. The molecule has 2 amide bonds. The highest BCUT2D eigenvalue weighted by Crippen LogP contribution is 2.46. The second-order valence-corrected chi connectivity index (χ2v) is 9.60. The summed E-state index contributed by atoms with van der Waals surface area (Å²) in [5.74, 6) is -2.69. The molecule has 3 aliphatic rings. The standard InChI is InChI=1S/C25H26F2N4O6/c1-13-3-4-14(17(27)7-13)10-28-23(34)16-11-31-18-12-30(24(35)20(31)22(33)21(16)32)15(9-26)5-6-25(18)8-19(36-2)29-37-25/h3-4,7,11,15,18,33H,5-6,8-10,12H2,1-2H3,(H,28,34)/t15-,18-,25+/m1/s1. The first-order valence-corrected chi connectivity index (χ1v) is 11.9. The highest BCUT2D eigenvalue weighted by molar-refractivity contribution is 5.99. The van der Waals surface area contributed by atoms with Gasteiger partial charge in [-0.25, -0.2) is 8.78 Å². The van der Waals surface area contributed by atoms with Gasteiger partial charge in [0.1, 0.15) is 18.1 Å². The molecule has 1 saturated heterocycles. The quantitative estimate of drug-likeness (QED) is 0.643. The lowest BCUT2D eigenvalue weighted by molar-refractivity contribution is -0.0655. The average Bonchev–Trinajstić information content (AvgIpc) is 3.24. The van der Waals surface area contributed by atoms with Crippen LogP contribution in [0.5, 0.6) is 5.75 Å². The summed E-state index contributed by atoms with van der Waals surface area (Å²) in [4.78, 5) is 46.4. The zero-order chi connectivity index (χ0) is 26.5. The Labute approximate surface area is 210 Å². The predicted octanol–water partition coefficient (Wildman–Crippen LogP) is 2.18. The number of benzene rings is 1. The second kappa shape index (κ2) is 9.16. The Morgan fingerprint density at radius 3 is 2.84 bits per heavy atom. The number of ether oxygens (including phenoxy) is 1. The fourth-order valence-corrected chi connectivity index (χ4v) is 5.31. The predicted molar refractivity (Wildman–Crippen MR) is 127 cm³/mol. The molecule has 0 aliphatic carbocycles. The molecule has 10 nitrogen and oxygen atoms in total. The zero-order valence-electron chi connectivity index (χ0n) is 20.3. The zero-order valence-corrected chi connectivity index (χ0v) is 20.3. The van der Waals surface area contributed by atoms with Gasteiger partial charge < -0.3 is 29.5 Å². The second-order valence-electron chi connectivity index (χ2n) is 9.60. The van der Waals surface area contributed by atoms with Gasteiger partial charge in [0.25, 0.3) is 11.8 Å². The molecule has 1 aromatic carbocycles. The molecule has 1 fully saturated rings. The van der Waals surface area contributed by atoms with E-state index in [9.17, 15) is 28.3 Å². The van der Waals surface area contributed by atoms with Crippen molar-refractivity contribution in [3.05, 3.63) is 62.8 Å². The lowest BCUT2D eigenvalue weighted by Crippen LogP contribution is -2.53. The van der Waals surface area contributed by atoms with Crippen molar-refractivity contribution in [2.75, 3.05) is 20.3 Å². The number of nitrogens with one attached hydrogen (secondary N) is 1. The molecule has 2 N–H and O–H groups in total. The topological polar surface area (TPSA) is 122 Å². The van der Waals surface area contributed by atoms with E-state index < -0.39 is 58.7 Å². The molecule has 3 atom stereocenters. The molecule has 37 heavy (non-hydrogen) atoms. The number of fused-ring (bicyclic) bond motifs is 5. The van der Waals surface area contributed by atoms with E-state index >= 15 is 0 Å². The third-order valence-electron chi connectivity index (χ3n) is 7.41. The molecule has 196 valence electrons. The Hall–Kier alpha value is -3.96. The van der Waals surface area contributed by atoms with Crippen LogP contribution < -0.4 is 10.7 Å². The lowest BCUT2D eigenvalue weighted by Gasteiger charge is -2.41. The number of amides is 2. The van der Waals surface area contributed by atoms with E-state index in [1.54, 1.807) is 13.0 Å². The first-order valence-electron chi connectivity index (χ1n) is 11.9. The fraction of sp³-hybridized carbons (Fsp3) is 0.440. The average molecular weight is 517 g/mol. The third kappa shape index (κ3) is 4.00. The molecular weight excluding hydrogens is 490 g/mol. The third-order valence-corrected chi connectivity index (χ3v) is 7.41. The molecule has 2 aromatic rings. The van der Waals surface area contributed by atoms with Crippen molar-refractivity contribution in [1.82, 2.24) is 14.8 Å². The van der Waals surface area contributed by atoms with Gasteiger partial charge in [-0.15, -0.1) is 0 Å². The minimum atomic E-state index is -1.06. The number of alkyl halides is 1. The van der Waals surface area contributed by atoms with Gasteiger partial charge >= 0.3 is 0 Å². The fourth-order valence-electron chi connectivity index (χ4n) is 5.31. The van der Waals surface area contributed by atoms with Crippen LogP contribution in [0.1, 0.15) is 57.3 Å². The number of halogens is 2. The van der Waals surface area contributed by atoms with E-state index in [0.717, 1.165) is 0 Å². The summed E-state index contributed by atoms with van der Waals surface area (Å²) >= 11 is 0. The highest BCUT2D eigenvalue weighted by atomic mass is 19.1. The van der Waals surface area contributed by atoms with Crippen LogP contribution >= 0.6 is 0 Å². The largest absolute Gasteiger partial charge is 0.503 e. The van der Waals surface area contributed by atoms with Crippen molar-refractivity contribution < 1.29 is 33.1 Å². The molecule has 4 heterocycles. The summed E-state index contributed by atoms with van der Waals surface area (Å²) in [7, 11) is 1.44. The minimum Gasteiger partial charge on any atom is -0.503 e. The number of aromatic nitrogens is 1. The Bertz CT molecular complexity index is 1380. The number of rotatable bonds is 4. The summed E-state index contributed by atoms with van der Waals surface area (Å²) in [6.45, 7) is 0.743. The normalized spacial score (nSPS) is 24.3. The van der Waals surface area contributed by atoms with Gasteiger partial charge in [0, 0.05) is 24.8 Å². The Morgan fingerprint density at radius 2 is 2.16 bits per heavy atom. The van der Waals surface area contributed by atoms with Crippen molar-refractivity contribution in [2.45, 2.75) is 50.4 Å². The van der Waals surface area contributed by atoms with E-state index in [1.165, 1.54) is 34.9 Å². The number of hydrogen-bond donors (Lipinski definition) is 2. The number of oxime groups is 1. The van der Waals surface area contributed by atoms with E-state index in [4.69, 9.17) is 9.57 Å². The number of methoxy groups -OCH3 is 1. The van der Waals surface area contributed by atoms with Gasteiger partial charge in [-0.3, -0.25) is 14.4 Å². The molecule has 1 spiro atoms. The van der Waals surface area contributed by atoms with Crippen LogP contribution in [-0.4, -0.2) is 64.3 Å². The first-order chi connectivity index (χ1) is 17.7. The molecule has 3 aliphatic heterocycles. The van der Waals surface area contributed by atoms with E-state index in [1.807, 2.05) is 0 Å². The summed E-state index contributed by atoms with van der Waals surface area (Å²) in [5.41, 5.74) is -1.96. The first kappa shape index (κ1) is 24.7. The summed E-state index contributed by atoms with van der Waals surface area (Å²) < 4.78 is 34.8. The van der Waals surface area contributed by atoms with Crippen molar-refractivity contribution in [3.63, 3.8) is 0 Å². The van der Waals surface area contributed by atoms with Crippen molar-refractivity contribution in [2.24, 2.45) is 5.16 Å². The summed E-state index contributed by atoms with van der Waals surface area (Å²) in [5, 5.41) is 17.3. The van der Waals surface area contributed by atoms with Crippen LogP contribution in [-0.2, 0) is 16.1 Å². The van der Waals surface area contributed by atoms with Crippen molar-refractivity contribution in [3.8, 4) is 5.75 Å². The van der Waals surface area contributed by atoms with Crippen LogP contribution in [0.15, 0.2) is 34.3 Å². The number of aryl methyl sites for hydroxylation is 1. The number of nitrogens with zero attached hydrogens (tertiary/aromatic N) is 3. The monoisotopic (exact) mass is 516 g/mol. The van der Waals surface area contributed by atoms with Gasteiger partial charge in [0.05, 0.1) is 25.6 Å². The maximum absolute atomic E-state index is 14.2. The number of hydrogen-bond acceptors (Lipinski definition) is 7. The van der Waals surface area contributed by atoms with E-state index in [-0.39, 0.29) is 37.2 Å². The summed E-state index contributed by atoms with van der Waals surface area (Å²) in [6, 6.07) is 3.06. The maximum atomic E-state index is 14.2. The molecule has 0 radical (unpaired) electrons. The molecule has 2 bridgehead atoms. The van der Waals surface area contributed by atoms with E-state index in [0.29, 0.717) is 17.9 Å². The van der Waals surface area contributed by atoms with Crippen LogP contribution in [0.4, 0.5) is 8.78 Å². The van der Waals surface area contributed by atoms with Crippen LogP contribution in [0.3, 0.4) is 0 Å². The Morgan fingerprint density at radius 1 is 1.38 bits per heavy atom. The highest BCUT2D eigenvalue weighted by Gasteiger charge is 2.55. The van der Waals surface area contributed by atoms with Crippen molar-refractivity contribution >= 4 is 17.7 Å². The molecule has 0 unspecified atom stereocenters. The molecule has 0 saturated carbocycles. The number of carbonyl (C=O) groups is 2. The van der Waals surface area contributed by atoms with Crippen molar-refractivity contribution in [1.29, 1.82) is 0 Å². The number of pyridine rings is 1. The van der Waals surface area contributed by atoms with E-state index in [2.05, 4.69) is 10.5 Å². The lowest BCUT2D eigenvalue weighted by atomic mass is 9.85. The Kier molecular flexibility index (Phi) is 6.12. The molecule has 5 rings (SSSR count). The van der Waals surface area contributed by atoms with Gasteiger partial charge in [-0.2, -0.15) is 0 Å². The Balaban J connectivity index is 1.55. The maximum Gasteiger partial charge on any atom is 0.274 e. The smallest absolute Gasteiger partial charge is 0.274 e. The molecular formula is C25H26F2N4O6. The number of carbonyl (C=O) groups excluding carboxylic acids is 2. The van der Waals surface area contributed by atoms with Crippen LogP contribution in [0, 0.1) is 12.7 Å². The summed E-state index contributed by atoms with van der Waals surface area (Å²) in [6.07, 6.45) is 1.99. The molecule has 12 heteroatoms.